The number of carbonyl (C=O) groups excluding carboxylic acids is 4. The second kappa shape index (κ2) is 25.3. The fourth-order valence-corrected chi connectivity index (χ4v) is 4.27. The van der Waals surface area contributed by atoms with Gasteiger partial charge >= 0.3 is 55.0 Å². The van der Waals surface area contributed by atoms with Gasteiger partial charge in [-0.15, -0.1) is 13.8 Å². The Labute approximate surface area is 344 Å². The molecule has 0 aromatic rings. The molecule has 0 aliphatic rings. The van der Waals surface area contributed by atoms with Gasteiger partial charge in [-0.3, -0.25) is 4.79 Å². The van der Waals surface area contributed by atoms with E-state index < -0.39 is 134 Å². The zero-order valence-electron chi connectivity index (χ0n) is 32.7. The van der Waals surface area contributed by atoms with E-state index >= 15 is 26.3 Å². The predicted molar refractivity (Wildman–Crippen MR) is 180 cm³/mol. The van der Waals surface area contributed by atoms with E-state index in [1.807, 2.05) is 0 Å². The number of alkyl halides is 10. The summed E-state index contributed by atoms with van der Waals surface area (Å²) in [6.45, 7) is 6.27. The van der Waals surface area contributed by atoms with Gasteiger partial charge in [0.25, 0.3) is 0 Å². The largest absolute Gasteiger partial charge is 0.495 e. The quantitative estimate of drug-likeness (QED) is 0.0142. The van der Waals surface area contributed by atoms with Gasteiger partial charge in [0.1, 0.15) is 57.4 Å². The number of hydroxylamine groups is 2. The molecule has 0 saturated carbocycles. The molecule has 0 atom stereocenters. The number of ether oxygens (including phenoxy) is 6. The molecule has 354 valence electrons. The van der Waals surface area contributed by atoms with Crippen LogP contribution in [-0.4, -0.2) is 139 Å². The first-order chi connectivity index (χ1) is 28.6. The molecule has 0 bridgehead atoms. The Bertz CT molecular complexity index is 1490. The van der Waals surface area contributed by atoms with Crippen molar-refractivity contribution in [1.29, 1.82) is 0 Å². The molecule has 0 aromatic heterocycles. The zero-order chi connectivity index (χ0) is 48.2. The molecular formula is C33H40F10N2O17. The minimum Gasteiger partial charge on any atom is -0.460 e. The minimum absolute atomic E-state index is 0.475. The maximum Gasteiger partial charge on any atom is 0.495 e. The highest BCUT2D eigenvalue weighted by atomic mass is 19.3. The molecule has 0 fully saturated rings. The predicted octanol–water partition coefficient (Wildman–Crippen LogP) is 3.96. The van der Waals surface area contributed by atoms with E-state index in [1.165, 1.54) is 5.32 Å². The van der Waals surface area contributed by atoms with Crippen LogP contribution < -0.4 is 5.32 Å². The van der Waals surface area contributed by atoms with Crippen molar-refractivity contribution in [3.05, 3.63) is 74.4 Å². The molecule has 19 nitrogen and oxygen atoms in total. The van der Waals surface area contributed by atoms with E-state index in [0.29, 0.717) is 18.2 Å². The van der Waals surface area contributed by atoms with Crippen LogP contribution in [0.3, 0.4) is 0 Å². The third kappa shape index (κ3) is 17.2. The fourth-order valence-electron chi connectivity index (χ4n) is 4.27. The van der Waals surface area contributed by atoms with Gasteiger partial charge in [-0.2, -0.15) is 35.1 Å². The molecule has 0 unspecified atom stereocenters. The second-order valence-corrected chi connectivity index (χ2v) is 11.2. The van der Waals surface area contributed by atoms with Gasteiger partial charge in [-0.05, 0) is 16.7 Å². The molecule has 0 aliphatic heterocycles. The summed E-state index contributed by atoms with van der Waals surface area (Å²) < 4.78 is 171. The average molecular weight is 927 g/mol. The number of esters is 3. The number of carbonyl (C=O) groups is 4. The lowest BCUT2D eigenvalue weighted by Crippen LogP contribution is -2.63. The van der Waals surface area contributed by atoms with Crippen molar-refractivity contribution in [3.63, 3.8) is 0 Å². The Balaban J connectivity index is 7.17. The Morgan fingerprint density at radius 1 is 0.629 bits per heavy atom. The smallest absolute Gasteiger partial charge is 0.460 e. The standard InChI is InChI=1S/C33H40F10N2O17/c1-10-23(46)53-16-28(17-54-24(47)11-2,18-55-25(48)12-3)44-26(49)30(36,37)60-33(42,43)61-31(38,39)32(40,41)62-45(19-56-27(34)35)29(20(4)13-57-50-7,21(5)14-58-51-8)22(6)15-59-52-9/h10-12,27H,1-6,13-19H2,7-9H3,(H,44,49). The number of rotatable bonds is 34. The molecule has 62 heavy (non-hydrogen) atoms. The Morgan fingerprint density at radius 3 is 1.32 bits per heavy atom. The molecule has 0 radical (unpaired) electrons. The van der Waals surface area contributed by atoms with Gasteiger partial charge in [0.05, 0.1) is 21.3 Å². The number of hydrogen-bond donors (Lipinski definition) is 1. The molecule has 0 aliphatic carbocycles. The Hall–Kier alpha value is -4.82. The summed E-state index contributed by atoms with van der Waals surface area (Å²) in [4.78, 5) is 79.0. The lowest BCUT2D eigenvalue weighted by Gasteiger charge is -2.47. The van der Waals surface area contributed by atoms with Crippen LogP contribution in [0.25, 0.3) is 0 Å². The van der Waals surface area contributed by atoms with E-state index in [4.69, 9.17) is 0 Å². The normalized spacial score (nSPS) is 12.7. The van der Waals surface area contributed by atoms with Crippen molar-refractivity contribution in [1.82, 2.24) is 10.4 Å². The van der Waals surface area contributed by atoms with Gasteiger partial charge in [0.15, 0.2) is 0 Å². The maximum atomic E-state index is 15.5. The first kappa shape index (κ1) is 57.2. The van der Waals surface area contributed by atoms with Crippen molar-refractivity contribution < 1.29 is 126 Å². The minimum atomic E-state index is -6.91. The van der Waals surface area contributed by atoms with E-state index in [1.54, 1.807) is 0 Å². The van der Waals surface area contributed by atoms with E-state index in [0.717, 1.165) is 21.3 Å². The third-order valence-corrected chi connectivity index (χ3v) is 6.95. The second-order valence-electron chi connectivity index (χ2n) is 11.2. The molecular weight excluding hydrogens is 886 g/mol. The van der Waals surface area contributed by atoms with Gasteiger partial charge in [-0.1, -0.05) is 39.5 Å². The number of nitrogens with zero attached hydrogens (tertiary/aromatic N) is 1. The van der Waals surface area contributed by atoms with Crippen molar-refractivity contribution in [2.45, 2.75) is 42.3 Å². The molecule has 0 heterocycles. The number of amides is 1. The lowest BCUT2D eigenvalue weighted by molar-refractivity contribution is -0.565. The summed E-state index contributed by atoms with van der Waals surface area (Å²) in [5.74, 6) is -7.24. The monoisotopic (exact) mass is 926 g/mol. The van der Waals surface area contributed by atoms with E-state index in [-0.39, 0.29) is 0 Å². The lowest BCUT2D eigenvalue weighted by atomic mass is 9.77. The third-order valence-electron chi connectivity index (χ3n) is 6.95. The SMILES string of the molecule is C=CC(=O)OCC(COC(=O)C=C)(COC(=O)C=C)NC(=O)C(F)(F)OC(F)(F)OC(F)(F)C(F)(F)ON(COC(F)F)C(C(=C)COOC)(C(=C)COOC)C(=C)COOC. The van der Waals surface area contributed by atoms with Crippen LogP contribution in [0.1, 0.15) is 0 Å². The van der Waals surface area contributed by atoms with Gasteiger partial charge in [-0.25, -0.2) is 58.0 Å². The van der Waals surface area contributed by atoms with Crippen LogP contribution in [-0.2, 0) is 81.8 Å². The van der Waals surface area contributed by atoms with Crippen LogP contribution in [0, 0.1) is 0 Å². The summed E-state index contributed by atoms with van der Waals surface area (Å²) in [5, 5.41) is 0.564. The summed E-state index contributed by atoms with van der Waals surface area (Å²) in [6, 6.07) is 0. The van der Waals surface area contributed by atoms with E-state index in [2.05, 4.69) is 102 Å². The van der Waals surface area contributed by atoms with Crippen LogP contribution in [0.4, 0.5) is 43.9 Å². The number of hydrogen-bond acceptors (Lipinski definition) is 18. The topological polar surface area (TPSA) is 204 Å². The molecule has 29 heteroatoms. The summed E-state index contributed by atoms with van der Waals surface area (Å²) >= 11 is 0. The molecule has 0 rings (SSSR count). The molecule has 0 spiro atoms. The van der Waals surface area contributed by atoms with Crippen molar-refractivity contribution in [2.24, 2.45) is 0 Å². The molecule has 0 saturated heterocycles. The molecule has 0 aromatic carbocycles. The van der Waals surface area contributed by atoms with Crippen LogP contribution in [0.15, 0.2) is 74.4 Å². The fraction of sp³-hybridized carbons (Fsp3) is 0.515. The van der Waals surface area contributed by atoms with Crippen molar-refractivity contribution >= 4 is 23.8 Å². The highest BCUT2D eigenvalue weighted by Crippen LogP contribution is 2.46. The van der Waals surface area contributed by atoms with Crippen molar-refractivity contribution in [2.75, 3.05) is 67.7 Å². The first-order valence-electron chi connectivity index (χ1n) is 16.1. The summed E-state index contributed by atoms with van der Waals surface area (Å²) in [5.41, 5.74) is -8.15. The summed E-state index contributed by atoms with van der Waals surface area (Å²) in [7, 11) is 2.69. The van der Waals surface area contributed by atoms with Crippen LogP contribution in [0.5, 0.6) is 0 Å². The zero-order valence-corrected chi connectivity index (χ0v) is 32.7. The molecule has 1 N–H and O–H groups in total. The van der Waals surface area contributed by atoms with E-state index in [9.17, 15) is 36.7 Å². The number of nitrogens with one attached hydrogen (secondary N) is 1. The Morgan fingerprint density at radius 2 is 1.00 bits per heavy atom. The van der Waals surface area contributed by atoms with Gasteiger partial charge < -0.3 is 24.3 Å². The number of halogens is 10. The average Bonchev–Trinajstić information content (AvgIpc) is 3.19. The summed E-state index contributed by atoms with van der Waals surface area (Å²) in [6.07, 6.45) is -24.9. The van der Waals surface area contributed by atoms with Crippen LogP contribution >= 0.6 is 0 Å². The maximum absolute atomic E-state index is 15.5. The van der Waals surface area contributed by atoms with Gasteiger partial charge in [0.2, 0.25) is 0 Å². The highest BCUT2D eigenvalue weighted by molar-refractivity contribution is 5.84. The first-order valence-corrected chi connectivity index (χ1v) is 16.1. The van der Waals surface area contributed by atoms with Crippen LogP contribution in [0.2, 0.25) is 0 Å². The molecule has 1 amide bonds. The highest BCUT2D eigenvalue weighted by Gasteiger charge is 2.69. The Kier molecular flexibility index (Phi) is 23.4. The van der Waals surface area contributed by atoms with Crippen molar-refractivity contribution in [3.8, 4) is 0 Å². The van der Waals surface area contributed by atoms with Gasteiger partial charge in [0, 0.05) is 18.2 Å².